The standard InChI is InChI=1S/C18H28ClN/c1-3-5-18(16-8-10-17(19)11-9-16)20-13-15-7-4-6-14(2)12-15/h8-11,14-15,18,20H,3-7,12-13H2,1-2H3. The van der Waals surface area contributed by atoms with Gasteiger partial charge in [0.1, 0.15) is 0 Å². The van der Waals surface area contributed by atoms with Crippen LogP contribution in [-0.4, -0.2) is 6.54 Å². The maximum atomic E-state index is 5.99. The summed E-state index contributed by atoms with van der Waals surface area (Å²) in [5.74, 6) is 1.78. The van der Waals surface area contributed by atoms with Crippen LogP contribution in [-0.2, 0) is 0 Å². The molecule has 1 fully saturated rings. The first-order valence-electron chi connectivity index (χ1n) is 8.18. The van der Waals surface area contributed by atoms with Crippen molar-refractivity contribution in [3.05, 3.63) is 34.9 Å². The normalized spacial score (nSPS) is 24.6. The zero-order valence-electron chi connectivity index (χ0n) is 12.9. The molecule has 1 aromatic rings. The highest BCUT2D eigenvalue weighted by Gasteiger charge is 2.20. The predicted octanol–water partition coefficient (Wildman–Crippen LogP) is 5.60. The second-order valence-corrected chi connectivity index (χ2v) is 6.88. The van der Waals surface area contributed by atoms with Crippen molar-refractivity contribution in [1.82, 2.24) is 5.32 Å². The predicted molar refractivity (Wildman–Crippen MR) is 88.2 cm³/mol. The van der Waals surface area contributed by atoms with Crippen molar-refractivity contribution in [2.24, 2.45) is 11.8 Å². The van der Waals surface area contributed by atoms with Crippen molar-refractivity contribution < 1.29 is 0 Å². The van der Waals surface area contributed by atoms with Crippen LogP contribution in [0.15, 0.2) is 24.3 Å². The van der Waals surface area contributed by atoms with Crippen LogP contribution in [0, 0.1) is 11.8 Å². The molecule has 1 saturated carbocycles. The van der Waals surface area contributed by atoms with Gasteiger partial charge in [-0.3, -0.25) is 0 Å². The Morgan fingerprint density at radius 3 is 2.65 bits per heavy atom. The summed E-state index contributed by atoms with van der Waals surface area (Å²) in [6.07, 6.45) is 8.04. The fourth-order valence-corrected chi connectivity index (χ4v) is 3.55. The molecular formula is C18H28ClN. The Morgan fingerprint density at radius 2 is 2.00 bits per heavy atom. The molecule has 20 heavy (non-hydrogen) atoms. The molecular weight excluding hydrogens is 266 g/mol. The third-order valence-corrected chi connectivity index (χ3v) is 4.80. The number of benzene rings is 1. The highest BCUT2D eigenvalue weighted by molar-refractivity contribution is 6.30. The van der Waals surface area contributed by atoms with E-state index in [4.69, 9.17) is 11.6 Å². The van der Waals surface area contributed by atoms with Crippen molar-refractivity contribution in [3.8, 4) is 0 Å². The molecule has 0 aliphatic heterocycles. The van der Waals surface area contributed by atoms with Crippen molar-refractivity contribution in [2.75, 3.05) is 6.54 Å². The van der Waals surface area contributed by atoms with Crippen LogP contribution in [0.1, 0.15) is 64.0 Å². The van der Waals surface area contributed by atoms with Gasteiger partial charge < -0.3 is 5.32 Å². The fourth-order valence-electron chi connectivity index (χ4n) is 3.42. The van der Waals surface area contributed by atoms with Gasteiger partial charge in [0.15, 0.2) is 0 Å². The first kappa shape index (κ1) is 15.9. The summed E-state index contributed by atoms with van der Waals surface area (Å²) in [7, 11) is 0. The molecule has 1 aromatic carbocycles. The third kappa shape index (κ3) is 4.79. The number of hydrogen-bond acceptors (Lipinski definition) is 1. The smallest absolute Gasteiger partial charge is 0.0406 e. The van der Waals surface area contributed by atoms with Crippen LogP contribution < -0.4 is 5.32 Å². The Labute approximate surface area is 129 Å². The number of hydrogen-bond donors (Lipinski definition) is 1. The fraction of sp³-hybridized carbons (Fsp3) is 0.667. The van der Waals surface area contributed by atoms with Crippen molar-refractivity contribution in [2.45, 2.75) is 58.4 Å². The van der Waals surface area contributed by atoms with Crippen molar-refractivity contribution >= 4 is 11.6 Å². The van der Waals surface area contributed by atoms with Gasteiger partial charge in [0.2, 0.25) is 0 Å². The number of nitrogens with one attached hydrogen (secondary N) is 1. The average Bonchev–Trinajstić information content (AvgIpc) is 2.44. The van der Waals surface area contributed by atoms with Crippen LogP contribution in [0.3, 0.4) is 0 Å². The van der Waals surface area contributed by atoms with Gasteiger partial charge >= 0.3 is 0 Å². The van der Waals surface area contributed by atoms with E-state index in [0.717, 1.165) is 23.4 Å². The maximum absolute atomic E-state index is 5.99. The molecule has 2 heteroatoms. The lowest BCUT2D eigenvalue weighted by Crippen LogP contribution is -2.30. The number of halogens is 1. The molecule has 3 atom stereocenters. The maximum Gasteiger partial charge on any atom is 0.0406 e. The van der Waals surface area contributed by atoms with Gasteiger partial charge in [-0.15, -0.1) is 0 Å². The van der Waals surface area contributed by atoms with Crippen molar-refractivity contribution in [3.63, 3.8) is 0 Å². The Balaban J connectivity index is 1.90. The summed E-state index contributed by atoms with van der Waals surface area (Å²) < 4.78 is 0. The summed E-state index contributed by atoms with van der Waals surface area (Å²) in [4.78, 5) is 0. The van der Waals surface area contributed by atoms with E-state index in [0.29, 0.717) is 6.04 Å². The summed E-state index contributed by atoms with van der Waals surface area (Å²) >= 11 is 5.99. The van der Waals surface area contributed by atoms with Crippen LogP contribution in [0.2, 0.25) is 5.02 Å². The summed E-state index contributed by atoms with van der Waals surface area (Å²) in [5, 5.41) is 4.63. The highest BCUT2D eigenvalue weighted by atomic mass is 35.5. The zero-order chi connectivity index (χ0) is 14.4. The van der Waals surface area contributed by atoms with E-state index in [1.54, 1.807) is 0 Å². The quantitative estimate of drug-likeness (QED) is 0.720. The van der Waals surface area contributed by atoms with Crippen LogP contribution in [0.5, 0.6) is 0 Å². The van der Waals surface area contributed by atoms with E-state index >= 15 is 0 Å². The molecule has 0 amide bonds. The van der Waals surface area contributed by atoms with E-state index in [-0.39, 0.29) is 0 Å². The Kier molecular flexibility index (Phi) is 6.38. The third-order valence-electron chi connectivity index (χ3n) is 4.55. The van der Waals surface area contributed by atoms with Crippen LogP contribution in [0.4, 0.5) is 0 Å². The van der Waals surface area contributed by atoms with Gasteiger partial charge in [-0.1, -0.05) is 56.8 Å². The van der Waals surface area contributed by atoms with E-state index in [1.807, 2.05) is 12.1 Å². The zero-order valence-corrected chi connectivity index (χ0v) is 13.6. The molecule has 1 aliphatic carbocycles. The molecule has 0 saturated heterocycles. The summed E-state index contributed by atoms with van der Waals surface area (Å²) in [6.45, 7) is 5.82. The second kappa shape index (κ2) is 8.05. The lowest BCUT2D eigenvalue weighted by atomic mass is 9.82. The highest BCUT2D eigenvalue weighted by Crippen LogP contribution is 2.29. The molecule has 3 unspecified atom stereocenters. The Bertz CT molecular complexity index is 387. The molecule has 0 bridgehead atoms. The molecule has 0 heterocycles. The minimum absolute atomic E-state index is 0.481. The Hall–Kier alpha value is -0.530. The lowest BCUT2D eigenvalue weighted by molar-refractivity contribution is 0.265. The Morgan fingerprint density at radius 1 is 1.25 bits per heavy atom. The van der Waals surface area contributed by atoms with Gasteiger partial charge in [-0.2, -0.15) is 0 Å². The van der Waals surface area contributed by atoms with E-state index in [2.05, 4.69) is 31.3 Å². The molecule has 1 nitrogen and oxygen atoms in total. The molecule has 1 aliphatic rings. The van der Waals surface area contributed by atoms with E-state index in [1.165, 1.54) is 44.1 Å². The summed E-state index contributed by atoms with van der Waals surface area (Å²) in [5.41, 5.74) is 1.38. The van der Waals surface area contributed by atoms with Crippen molar-refractivity contribution in [1.29, 1.82) is 0 Å². The monoisotopic (exact) mass is 293 g/mol. The number of rotatable bonds is 6. The van der Waals surface area contributed by atoms with Crippen LogP contribution in [0.25, 0.3) is 0 Å². The van der Waals surface area contributed by atoms with Gasteiger partial charge in [0, 0.05) is 11.1 Å². The average molecular weight is 294 g/mol. The lowest BCUT2D eigenvalue weighted by Gasteiger charge is -2.29. The van der Waals surface area contributed by atoms with E-state index in [9.17, 15) is 0 Å². The minimum atomic E-state index is 0.481. The molecule has 1 N–H and O–H groups in total. The second-order valence-electron chi connectivity index (χ2n) is 6.44. The van der Waals surface area contributed by atoms with Gasteiger partial charge in [-0.05, 0) is 55.3 Å². The van der Waals surface area contributed by atoms with E-state index < -0.39 is 0 Å². The molecule has 0 radical (unpaired) electrons. The first-order valence-corrected chi connectivity index (χ1v) is 8.55. The first-order chi connectivity index (χ1) is 9.69. The van der Waals surface area contributed by atoms with Gasteiger partial charge in [0.05, 0.1) is 0 Å². The molecule has 2 rings (SSSR count). The summed E-state index contributed by atoms with van der Waals surface area (Å²) in [6, 6.07) is 8.82. The van der Waals surface area contributed by atoms with Crippen LogP contribution >= 0.6 is 11.6 Å². The molecule has 112 valence electrons. The minimum Gasteiger partial charge on any atom is -0.310 e. The topological polar surface area (TPSA) is 12.0 Å². The van der Waals surface area contributed by atoms with Gasteiger partial charge in [-0.25, -0.2) is 0 Å². The largest absolute Gasteiger partial charge is 0.310 e. The SMILES string of the molecule is CCCC(NCC1CCCC(C)C1)c1ccc(Cl)cc1. The van der Waals surface area contributed by atoms with Gasteiger partial charge in [0.25, 0.3) is 0 Å². The molecule has 0 aromatic heterocycles. The molecule has 0 spiro atoms.